The van der Waals surface area contributed by atoms with E-state index in [1.54, 1.807) is 0 Å². The molecule has 1 atom stereocenters. The first-order valence-corrected chi connectivity index (χ1v) is 7.79. The zero-order valence-electron chi connectivity index (χ0n) is 13.4. The second-order valence-corrected chi connectivity index (χ2v) is 6.56. The molecule has 118 valence electrons. The lowest BCUT2D eigenvalue weighted by atomic mass is 10.0. The lowest BCUT2D eigenvalue weighted by Crippen LogP contribution is -2.45. The molecule has 1 N–H and O–H groups in total. The molecule has 0 amide bonds. The largest absolute Gasteiger partial charge is 0.488 e. The molecule has 0 aliphatic carbocycles. The van der Waals surface area contributed by atoms with Crippen LogP contribution in [0.2, 0.25) is 0 Å². The molecule has 1 saturated heterocycles. The number of halogens is 1. The maximum absolute atomic E-state index is 12.9. The summed E-state index contributed by atoms with van der Waals surface area (Å²) in [7, 11) is 0. The third kappa shape index (κ3) is 4.97. The Kier molecular flexibility index (Phi) is 5.59. The van der Waals surface area contributed by atoms with Gasteiger partial charge in [-0.2, -0.15) is 0 Å². The van der Waals surface area contributed by atoms with E-state index in [-0.39, 0.29) is 18.3 Å². The van der Waals surface area contributed by atoms with Crippen LogP contribution in [0.5, 0.6) is 5.75 Å². The molecular formula is C17H27FN2O. The Morgan fingerprint density at radius 2 is 1.81 bits per heavy atom. The number of hydrogen-bond donors (Lipinski definition) is 1. The predicted octanol–water partition coefficient (Wildman–Crippen LogP) is 3.17. The van der Waals surface area contributed by atoms with E-state index in [0.29, 0.717) is 6.42 Å². The molecule has 4 heteroatoms. The number of nitrogens with one attached hydrogen (secondary N) is 1. The van der Waals surface area contributed by atoms with E-state index in [9.17, 15) is 4.39 Å². The van der Waals surface area contributed by atoms with Gasteiger partial charge in [-0.25, -0.2) is 0 Å². The minimum absolute atomic E-state index is 0.167. The molecule has 1 aromatic carbocycles. The quantitative estimate of drug-likeness (QED) is 0.903. The van der Waals surface area contributed by atoms with Crippen LogP contribution in [0, 0.1) is 0 Å². The van der Waals surface area contributed by atoms with Crippen LogP contribution >= 0.6 is 0 Å². The van der Waals surface area contributed by atoms with Crippen molar-refractivity contribution in [2.24, 2.45) is 0 Å². The fourth-order valence-corrected chi connectivity index (χ4v) is 2.77. The highest BCUT2D eigenvalue weighted by molar-refractivity contribution is 5.29. The average molecular weight is 294 g/mol. The summed E-state index contributed by atoms with van der Waals surface area (Å²) in [6, 6.07) is 8.30. The first-order chi connectivity index (χ1) is 9.99. The van der Waals surface area contributed by atoms with Gasteiger partial charge in [0.15, 0.2) is 0 Å². The van der Waals surface area contributed by atoms with Gasteiger partial charge in [-0.05, 0) is 44.9 Å². The first-order valence-electron chi connectivity index (χ1n) is 7.79. The summed E-state index contributed by atoms with van der Waals surface area (Å²) >= 11 is 0. The molecule has 0 saturated carbocycles. The van der Waals surface area contributed by atoms with Gasteiger partial charge in [-0.3, -0.25) is 9.29 Å². The van der Waals surface area contributed by atoms with E-state index in [1.807, 2.05) is 32.9 Å². The van der Waals surface area contributed by atoms with Crippen LogP contribution in [0.25, 0.3) is 0 Å². The minimum atomic E-state index is -0.283. The normalized spacial score (nSPS) is 18.5. The highest BCUT2D eigenvalue weighted by Gasteiger charge is 2.22. The Hall–Kier alpha value is -1.13. The zero-order valence-corrected chi connectivity index (χ0v) is 13.4. The number of piperazine rings is 1. The number of alkyl halides is 1. The fourth-order valence-electron chi connectivity index (χ4n) is 2.77. The van der Waals surface area contributed by atoms with Crippen LogP contribution in [0.1, 0.15) is 38.8 Å². The van der Waals surface area contributed by atoms with E-state index >= 15 is 0 Å². The maximum atomic E-state index is 12.9. The molecule has 1 heterocycles. The summed E-state index contributed by atoms with van der Waals surface area (Å²) in [4.78, 5) is 2.37. The number of hydrogen-bond acceptors (Lipinski definition) is 3. The van der Waals surface area contributed by atoms with Crippen LogP contribution in [0.15, 0.2) is 24.3 Å². The second kappa shape index (κ2) is 7.23. The van der Waals surface area contributed by atoms with Crippen molar-refractivity contribution in [1.29, 1.82) is 0 Å². The SMILES string of the molecule is CC(C)(C)Oc1ccc([C@H](CCF)N2CCNCC2)cc1. The van der Waals surface area contributed by atoms with Crippen LogP contribution in [0.4, 0.5) is 4.39 Å². The van der Waals surface area contributed by atoms with Crippen molar-refractivity contribution in [3.05, 3.63) is 29.8 Å². The van der Waals surface area contributed by atoms with E-state index in [2.05, 4.69) is 22.3 Å². The van der Waals surface area contributed by atoms with E-state index in [1.165, 1.54) is 5.56 Å². The second-order valence-electron chi connectivity index (χ2n) is 6.56. The molecule has 0 unspecified atom stereocenters. The third-order valence-electron chi connectivity index (χ3n) is 3.66. The Labute approximate surface area is 127 Å². The van der Waals surface area contributed by atoms with Gasteiger partial charge in [0.25, 0.3) is 0 Å². The van der Waals surface area contributed by atoms with E-state index in [0.717, 1.165) is 31.9 Å². The van der Waals surface area contributed by atoms with E-state index < -0.39 is 0 Å². The molecule has 3 nitrogen and oxygen atoms in total. The predicted molar refractivity (Wildman–Crippen MR) is 84.6 cm³/mol. The monoisotopic (exact) mass is 294 g/mol. The van der Waals surface area contributed by atoms with Crippen LogP contribution in [-0.4, -0.2) is 43.4 Å². The summed E-state index contributed by atoms with van der Waals surface area (Å²) < 4.78 is 18.8. The molecule has 1 aromatic rings. The van der Waals surface area contributed by atoms with Gasteiger partial charge in [0.2, 0.25) is 0 Å². The molecule has 1 aliphatic rings. The number of nitrogens with zero attached hydrogens (tertiary/aromatic N) is 1. The molecule has 2 rings (SSSR count). The van der Waals surface area contributed by atoms with Gasteiger partial charge < -0.3 is 10.1 Å². The number of ether oxygens (including phenoxy) is 1. The molecule has 21 heavy (non-hydrogen) atoms. The van der Waals surface area contributed by atoms with Crippen molar-refractivity contribution in [1.82, 2.24) is 10.2 Å². The summed E-state index contributed by atoms with van der Waals surface area (Å²) in [6.45, 7) is 9.74. The fraction of sp³-hybridized carbons (Fsp3) is 0.647. The van der Waals surface area contributed by atoms with Crippen LogP contribution in [-0.2, 0) is 0 Å². The lowest BCUT2D eigenvalue weighted by Gasteiger charge is -2.35. The Morgan fingerprint density at radius 1 is 1.19 bits per heavy atom. The van der Waals surface area contributed by atoms with Gasteiger partial charge in [-0.15, -0.1) is 0 Å². The van der Waals surface area contributed by atoms with Gasteiger partial charge in [0, 0.05) is 32.2 Å². The molecule has 0 spiro atoms. The Bertz CT molecular complexity index is 421. The van der Waals surface area contributed by atoms with Crippen molar-refractivity contribution in [3.8, 4) is 5.75 Å². The van der Waals surface area contributed by atoms with Crippen molar-refractivity contribution in [2.75, 3.05) is 32.9 Å². The third-order valence-corrected chi connectivity index (χ3v) is 3.66. The average Bonchev–Trinajstić information content (AvgIpc) is 2.45. The Morgan fingerprint density at radius 3 is 2.33 bits per heavy atom. The highest BCUT2D eigenvalue weighted by Crippen LogP contribution is 2.27. The van der Waals surface area contributed by atoms with Gasteiger partial charge in [0.1, 0.15) is 11.4 Å². The molecule has 0 bridgehead atoms. The summed E-state index contributed by atoms with van der Waals surface area (Å²) in [5.41, 5.74) is 0.981. The summed E-state index contributed by atoms with van der Waals surface area (Å²) in [5.74, 6) is 0.866. The van der Waals surface area contributed by atoms with Crippen molar-refractivity contribution >= 4 is 0 Å². The van der Waals surface area contributed by atoms with Crippen molar-refractivity contribution < 1.29 is 9.13 Å². The summed E-state index contributed by atoms with van der Waals surface area (Å²) in [5, 5.41) is 3.34. The number of benzene rings is 1. The smallest absolute Gasteiger partial charge is 0.120 e. The van der Waals surface area contributed by atoms with Crippen LogP contribution in [0.3, 0.4) is 0 Å². The van der Waals surface area contributed by atoms with E-state index in [4.69, 9.17) is 4.74 Å². The first kappa shape index (κ1) is 16.2. The minimum Gasteiger partial charge on any atom is -0.488 e. The van der Waals surface area contributed by atoms with Crippen molar-refractivity contribution in [2.45, 2.75) is 38.8 Å². The standard InChI is InChI=1S/C17H27FN2O/c1-17(2,3)21-15-6-4-14(5-7-15)16(8-9-18)20-12-10-19-11-13-20/h4-7,16,19H,8-13H2,1-3H3/t16-/m0/s1. The van der Waals surface area contributed by atoms with Crippen LogP contribution < -0.4 is 10.1 Å². The van der Waals surface area contributed by atoms with Gasteiger partial charge >= 0.3 is 0 Å². The molecular weight excluding hydrogens is 267 g/mol. The topological polar surface area (TPSA) is 24.5 Å². The molecule has 0 aromatic heterocycles. The number of rotatable bonds is 5. The highest BCUT2D eigenvalue weighted by atomic mass is 19.1. The van der Waals surface area contributed by atoms with Gasteiger partial charge in [-0.1, -0.05) is 12.1 Å². The Balaban J connectivity index is 2.09. The maximum Gasteiger partial charge on any atom is 0.120 e. The van der Waals surface area contributed by atoms with Crippen molar-refractivity contribution in [3.63, 3.8) is 0 Å². The van der Waals surface area contributed by atoms with Gasteiger partial charge in [0.05, 0.1) is 6.67 Å². The molecule has 1 fully saturated rings. The zero-order chi connectivity index (χ0) is 15.3. The summed E-state index contributed by atoms with van der Waals surface area (Å²) in [6.07, 6.45) is 0.555. The molecule has 1 aliphatic heterocycles. The lowest BCUT2D eigenvalue weighted by molar-refractivity contribution is 0.130. The molecule has 0 radical (unpaired) electrons.